The van der Waals surface area contributed by atoms with Gasteiger partial charge in [0.2, 0.25) is 0 Å². The van der Waals surface area contributed by atoms with E-state index in [1.165, 1.54) is 6.07 Å². The van der Waals surface area contributed by atoms with Crippen LogP contribution in [0.25, 0.3) is 0 Å². The van der Waals surface area contributed by atoms with Crippen LogP contribution in [-0.2, 0) is 0 Å². The lowest BCUT2D eigenvalue weighted by molar-refractivity contribution is 0.126. The summed E-state index contributed by atoms with van der Waals surface area (Å²) >= 11 is 5.83. The SMILES string of the molecule is N#Cc1cc(Cl)nc(NC2CCC(O)CC2)c1. The second-order valence-corrected chi connectivity index (χ2v) is 4.71. The van der Waals surface area contributed by atoms with Gasteiger partial charge in [0.25, 0.3) is 0 Å². The van der Waals surface area contributed by atoms with Crippen molar-refractivity contribution in [3.63, 3.8) is 0 Å². The molecule has 0 aliphatic heterocycles. The smallest absolute Gasteiger partial charge is 0.132 e. The number of aliphatic hydroxyl groups is 1. The third-order valence-corrected chi connectivity index (χ3v) is 3.17. The molecular weight excluding hydrogens is 238 g/mol. The number of aromatic nitrogens is 1. The summed E-state index contributed by atoms with van der Waals surface area (Å²) in [6.45, 7) is 0. The van der Waals surface area contributed by atoms with Gasteiger partial charge in [-0.2, -0.15) is 5.26 Å². The third kappa shape index (κ3) is 3.32. The average Bonchev–Trinajstić information content (AvgIpc) is 2.31. The van der Waals surface area contributed by atoms with Gasteiger partial charge >= 0.3 is 0 Å². The topological polar surface area (TPSA) is 68.9 Å². The standard InChI is InChI=1S/C12H14ClN3O/c13-11-5-8(7-14)6-12(16-11)15-9-1-3-10(17)4-2-9/h5-6,9-10,17H,1-4H2,(H,15,16). The highest BCUT2D eigenvalue weighted by atomic mass is 35.5. The van der Waals surface area contributed by atoms with Crippen LogP contribution < -0.4 is 5.32 Å². The molecule has 1 heterocycles. The fourth-order valence-electron chi connectivity index (χ4n) is 2.06. The second kappa shape index (κ2) is 5.35. The van der Waals surface area contributed by atoms with Crippen LogP contribution >= 0.6 is 11.6 Å². The predicted molar refractivity (Wildman–Crippen MR) is 65.8 cm³/mol. The number of nitriles is 1. The molecule has 0 saturated heterocycles. The highest BCUT2D eigenvalue weighted by Gasteiger charge is 2.19. The van der Waals surface area contributed by atoms with Crippen LogP contribution in [0.4, 0.5) is 5.82 Å². The van der Waals surface area contributed by atoms with E-state index in [0.717, 1.165) is 25.7 Å². The van der Waals surface area contributed by atoms with Gasteiger partial charge in [-0.25, -0.2) is 4.98 Å². The highest BCUT2D eigenvalue weighted by Crippen LogP contribution is 2.22. The Labute approximate surface area is 105 Å². The number of hydrogen-bond acceptors (Lipinski definition) is 4. The molecule has 0 radical (unpaired) electrons. The Bertz CT molecular complexity index is 436. The molecule has 1 aromatic heterocycles. The lowest BCUT2D eigenvalue weighted by Crippen LogP contribution is -2.28. The summed E-state index contributed by atoms with van der Waals surface area (Å²) in [6, 6.07) is 5.58. The van der Waals surface area contributed by atoms with Crippen LogP contribution in [-0.4, -0.2) is 22.2 Å². The summed E-state index contributed by atoms with van der Waals surface area (Å²) in [5.41, 5.74) is 0.503. The van der Waals surface area contributed by atoms with E-state index in [1.807, 2.05) is 6.07 Å². The maximum absolute atomic E-state index is 9.41. The Morgan fingerprint density at radius 3 is 2.71 bits per heavy atom. The van der Waals surface area contributed by atoms with E-state index in [1.54, 1.807) is 6.07 Å². The number of halogens is 1. The molecule has 2 N–H and O–H groups in total. The van der Waals surface area contributed by atoms with Gasteiger partial charge in [0.1, 0.15) is 11.0 Å². The van der Waals surface area contributed by atoms with Crippen molar-refractivity contribution in [2.24, 2.45) is 0 Å². The van der Waals surface area contributed by atoms with Crippen LogP contribution in [0.1, 0.15) is 31.2 Å². The van der Waals surface area contributed by atoms with E-state index in [-0.39, 0.29) is 6.10 Å². The van der Waals surface area contributed by atoms with Crippen molar-refractivity contribution in [1.82, 2.24) is 4.98 Å². The van der Waals surface area contributed by atoms with Crippen molar-refractivity contribution >= 4 is 17.4 Å². The molecule has 0 atom stereocenters. The zero-order valence-corrected chi connectivity index (χ0v) is 10.1. The molecule has 90 valence electrons. The molecule has 2 rings (SSSR count). The lowest BCUT2D eigenvalue weighted by atomic mass is 9.93. The van der Waals surface area contributed by atoms with Crippen LogP contribution in [0.3, 0.4) is 0 Å². The Morgan fingerprint density at radius 2 is 2.06 bits per heavy atom. The molecule has 0 amide bonds. The third-order valence-electron chi connectivity index (χ3n) is 2.97. The van der Waals surface area contributed by atoms with Gasteiger partial charge in [-0.05, 0) is 37.8 Å². The summed E-state index contributed by atoms with van der Waals surface area (Å²) in [5.74, 6) is 0.635. The first kappa shape index (κ1) is 12.2. The minimum absolute atomic E-state index is 0.171. The number of anilines is 1. The van der Waals surface area contributed by atoms with Crippen molar-refractivity contribution in [2.45, 2.75) is 37.8 Å². The highest BCUT2D eigenvalue weighted by molar-refractivity contribution is 6.29. The van der Waals surface area contributed by atoms with Gasteiger partial charge in [0.05, 0.1) is 17.7 Å². The van der Waals surface area contributed by atoms with Gasteiger partial charge in [0.15, 0.2) is 0 Å². The lowest BCUT2D eigenvalue weighted by Gasteiger charge is -2.26. The molecule has 0 spiro atoms. The Balaban J connectivity index is 2.03. The quantitative estimate of drug-likeness (QED) is 0.792. The van der Waals surface area contributed by atoms with E-state index in [9.17, 15) is 5.11 Å². The van der Waals surface area contributed by atoms with E-state index < -0.39 is 0 Å². The van der Waals surface area contributed by atoms with Crippen LogP contribution in [0.15, 0.2) is 12.1 Å². The molecule has 5 heteroatoms. The fraction of sp³-hybridized carbons (Fsp3) is 0.500. The number of rotatable bonds is 2. The zero-order chi connectivity index (χ0) is 12.3. The summed E-state index contributed by atoms with van der Waals surface area (Å²) in [6.07, 6.45) is 3.27. The Kier molecular flexibility index (Phi) is 3.82. The first-order valence-corrected chi connectivity index (χ1v) is 6.07. The molecule has 1 aliphatic carbocycles. The summed E-state index contributed by atoms with van der Waals surface area (Å²) in [4.78, 5) is 4.14. The van der Waals surface area contributed by atoms with Gasteiger partial charge in [0, 0.05) is 6.04 Å². The number of aliphatic hydroxyl groups excluding tert-OH is 1. The summed E-state index contributed by atoms with van der Waals surface area (Å²) in [5, 5.41) is 21.8. The van der Waals surface area contributed by atoms with Gasteiger partial charge in [-0.15, -0.1) is 0 Å². The number of pyridine rings is 1. The van der Waals surface area contributed by atoms with Gasteiger partial charge in [-0.1, -0.05) is 11.6 Å². The van der Waals surface area contributed by atoms with Crippen LogP contribution in [0.2, 0.25) is 5.15 Å². The molecule has 1 saturated carbocycles. The van der Waals surface area contributed by atoms with E-state index in [4.69, 9.17) is 16.9 Å². The van der Waals surface area contributed by atoms with E-state index in [2.05, 4.69) is 10.3 Å². The maximum atomic E-state index is 9.41. The Morgan fingerprint density at radius 1 is 1.35 bits per heavy atom. The predicted octanol–water partition coefficient (Wildman–Crippen LogP) is 2.32. The van der Waals surface area contributed by atoms with E-state index in [0.29, 0.717) is 22.6 Å². The molecule has 17 heavy (non-hydrogen) atoms. The molecule has 0 bridgehead atoms. The maximum Gasteiger partial charge on any atom is 0.132 e. The molecule has 1 aliphatic rings. The van der Waals surface area contributed by atoms with E-state index >= 15 is 0 Å². The van der Waals surface area contributed by atoms with Gasteiger partial charge < -0.3 is 10.4 Å². The minimum Gasteiger partial charge on any atom is -0.393 e. The number of hydrogen-bond donors (Lipinski definition) is 2. The summed E-state index contributed by atoms with van der Waals surface area (Å²) < 4.78 is 0. The van der Waals surface area contributed by atoms with Crippen molar-refractivity contribution in [3.05, 3.63) is 22.8 Å². The molecular formula is C12H14ClN3O. The van der Waals surface area contributed by atoms with Crippen molar-refractivity contribution in [3.8, 4) is 6.07 Å². The molecule has 0 aromatic carbocycles. The first-order chi connectivity index (χ1) is 8.17. The molecule has 4 nitrogen and oxygen atoms in total. The fourth-order valence-corrected chi connectivity index (χ4v) is 2.27. The van der Waals surface area contributed by atoms with Crippen molar-refractivity contribution in [1.29, 1.82) is 5.26 Å². The van der Waals surface area contributed by atoms with Crippen molar-refractivity contribution in [2.75, 3.05) is 5.32 Å². The van der Waals surface area contributed by atoms with Gasteiger partial charge in [-0.3, -0.25) is 0 Å². The van der Waals surface area contributed by atoms with Crippen LogP contribution in [0, 0.1) is 11.3 Å². The number of nitrogens with zero attached hydrogens (tertiary/aromatic N) is 2. The molecule has 0 unspecified atom stereocenters. The largest absolute Gasteiger partial charge is 0.393 e. The monoisotopic (exact) mass is 251 g/mol. The number of nitrogens with one attached hydrogen (secondary N) is 1. The summed E-state index contributed by atoms with van der Waals surface area (Å²) in [7, 11) is 0. The Hall–Kier alpha value is -1.31. The average molecular weight is 252 g/mol. The molecule has 1 fully saturated rings. The van der Waals surface area contributed by atoms with Crippen molar-refractivity contribution < 1.29 is 5.11 Å². The second-order valence-electron chi connectivity index (χ2n) is 4.33. The zero-order valence-electron chi connectivity index (χ0n) is 9.36. The molecule has 1 aromatic rings. The first-order valence-electron chi connectivity index (χ1n) is 5.69. The van der Waals surface area contributed by atoms with Crippen LogP contribution in [0.5, 0.6) is 0 Å². The minimum atomic E-state index is -0.171. The normalized spacial score (nSPS) is 24.1.